The second-order valence-electron chi connectivity index (χ2n) is 4.08. The Kier molecular flexibility index (Phi) is 4.98. The van der Waals surface area contributed by atoms with E-state index in [9.17, 15) is 4.79 Å². The number of esters is 1. The fourth-order valence-electron chi connectivity index (χ4n) is 1.80. The van der Waals surface area contributed by atoms with Gasteiger partial charge in [0, 0.05) is 16.5 Å². The van der Waals surface area contributed by atoms with E-state index in [4.69, 9.17) is 27.9 Å². The summed E-state index contributed by atoms with van der Waals surface area (Å²) in [6, 6.07) is 4.55. The number of hydrogen-bond acceptors (Lipinski definition) is 4. The Bertz CT molecular complexity index is 587. The number of halogens is 2. The Morgan fingerprint density at radius 2 is 2.25 bits per heavy atom. The third-order valence-electron chi connectivity index (χ3n) is 2.74. The summed E-state index contributed by atoms with van der Waals surface area (Å²) in [7, 11) is 0. The molecule has 1 atom stereocenters. The molecule has 0 spiro atoms. The van der Waals surface area contributed by atoms with Crippen molar-refractivity contribution in [2.75, 3.05) is 6.61 Å². The molecular weight excluding hydrogens is 301 g/mol. The maximum absolute atomic E-state index is 12.0. The lowest BCUT2D eigenvalue weighted by atomic mass is 10.1. The van der Waals surface area contributed by atoms with Gasteiger partial charge in [-0.3, -0.25) is 0 Å². The fraction of sp³-hybridized carbons (Fsp3) is 0.308. The van der Waals surface area contributed by atoms with E-state index in [1.807, 2.05) is 0 Å². The van der Waals surface area contributed by atoms with Crippen LogP contribution in [-0.4, -0.2) is 27.3 Å². The quantitative estimate of drug-likeness (QED) is 0.796. The van der Waals surface area contributed by atoms with Crippen LogP contribution in [0, 0.1) is 0 Å². The summed E-state index contributed by atoms with van der Waals surface area (Å²) in [6.45, 7) is 2.06. The van der Waals surface area contributed by atoms with Crippen LogP contribution < -0.4 is 0 Å². The van der Waals surface area contributed by atoms with Crippen molar-refractivity contribution in [1.29, 1.82) is 0 Å². The summed E-state index contributed by atoms with van der Waals surface area (Å²) in [5.74, 6) is -0.371. The second kappa shape index (κ2) is 6.72. The van der Waals surface area contributed by atoms with Gasteiger partial charge >= 0.3 is 5.97 Å². The molecule has 0 aliphatic heterocycles. The molecule has 5 nitrogen and oxygen atoms in total. The highest BCUT2D eigenvalue weighted by atomic mass is 35.5. The lowest BCUT2D eigenvalue weighted by Gasteiger charge is -2.16. The highest BCUT2D eigenvalue weighted by Gasteiger charge is 2.24. The maximum Gasteiger partial charge on any atom is 0.331 e. The highest BCUT2D eigenvalue weighted by Crippen LogP contribution is 2.25. The van der Waals surface area contributed by atoms with Crippen molar-refractivity contribution in [1.82, 2.24) is 14.8 Å². The summed E-state index contributed by atoms with van der Waals surface area (Å²) < 4.78 is 6.53. The molecule has 0 bridgehead atoms. The van der Waals surface area contributed by atoms with Gasteiger partial charge in [0.2, 0.25) is 0 Å². The molecule has 2 aromatic rings. The normalized spacial score (nSPS) is 12.2. The van der Waals surface area contributed by atoms with Crippen LogP contribution in [0.4, 0.5) is 0 Å². The number of nitrogens with zero attached hydrogens (tertiary/aromatic N) is 3. The van der Waals surface area contributed by atoms with Gasteiger partial charge in [0.05, 0.1) is 6.61 Å². The van der Waals surface area contributed by atoms with Crippen LogP contribution in [0.1, 0.15) is 18.5 Å². The molecule has 1 unspecified atom stereocenters. The Balaban J connectivity index is 2.26. The molecule has 2 rings (SSSR count). The predicted octanol–water partition coefficient (Wildman–Crippen LogP) is 2.93. The second-order valence-corrected chi connectivity index (χ2v) is 4.93. The van der Waals surface area contributed by atoms with E-state index >= 15 is 0 Å². The van der Waals surface area contributed by atoms with Crippen LogP contribution in [0.15, 0.2) is 30.9 Å². The van der Waals surface area contributed by atoms with Gasteiger partial charge in [0.25, 0.3) is 0 Å². The Morgan fingerprint density at radius 1 is 1.45 bits per heavy atom. The van der Waals surface area contributed by atoms with E-state index in [2.05, 4.69) is 10.1 Å². The topological polar surface area (TPSA) is 57.0 Å². The smallest absolute Gasteiger partial charge is 0.331 e. The van der Waals surface area contributed by atoms with Gasteiger partial charge in [0.1, 0.15) is 12.7 Å². The highest BCUT2D eigenvalue weighted by molar-refractivity contribution is 6.35. The zero-order valence-corrected chi connectivity index (χ0v) is 12.3. The van der Waals surface area contributed by atoms with Crippen LogP contribution in [0.25, 0.3) is 0 Å². The zero-order chi connectivity index (χ0) is 14.5. The van der Waals surface area contributed by atoms with Gasteiger partial charge < -0.3 is 4.74 Å². The van der Waals surface area contributed by atoms with Gasteiger partial charge in [0.15, 0.2) is 6.04 Å². The lowest BCUT2D eigenvalue weighted by molar-refractivity contribution is -0.147. The lowest BCUT2D eigenvalue weighted by Crippen LogP contribution is -2.24. The molecule has 7 heteroatoms. The summed E-state index contributed by atoms with van der Waals surface area (Å²) in [5.41, 5.74) is 0.796. The average Bonchev–Trinajstić information content (AvgIpc) is 2.91. The molecule has 1 aromatic heterocycles. The predicted molar refractivity (Wildman–Crippen MR) is 75.9 cm³/mol. The van der Waals surface area contributed by atoms with Crippen molar-refractivity contribution < 1.29 is 9.53 Å². The molecule has 1 aromatic carbocycles. The molecule has 0 fully saturated rings. The summed E-state index contributed by atoms with van der Waals surface area (Å²) in [5, 5.41) is 5.05. The molecule has 0 saturated heterocycles. The van der Waals surface area contributed by atoms with E-state index in [1.54, 1.807) is 25.1 Å². The molecule has 1 heterocycles. The van der Waals surface area contributed by atoms with E-state index in [-0.39, 0.29) is 5.97 Å². The first kappa shape index (κ1) is 14.8. The van der Waals surface area contributed by atoms with Crippen LogP contribution >= 0.6 is 23.2 Å². The first-order chi connectivity index (χ1) is 9.61. The van der Waals surface area contributed by atoms with Crippen LogP contribution in [0.5, 0.6) is 0 Å². The van der Waals surface area contributed by atoms with Gasteiger partial charge in [-0.15, -0.1) is 0 Å². The fourth-order valence-corrected chi connectivity index (χ4v) is 2.28. The number of aromatic nitrogens is 3. The van der Waals surface area contributed by atoms with Crippen molar-refractivity contribution in [2.45, 2.75) is 19.4 Å². The van der Waals surface area contributed by atoms with Crippen molar-refractivity contribution >= 4 is 29.2 Å². The number of hydrogen-bond donors (Lipinski definition) is 0. The van der Waals surface area contributed by atoms with Crippen molar-refractivity contribution in [2.24, 2.45) is 0 Å². The summed E-state index contributed by atoms with van der Waals surface area (Å²) in [4.78, 5) is 15.9. The average molecular weight is 314 g/mol. The third kappa shape index (κ3) is 3.49. The molecule has 0 N–H and O–H groups in total. The van der Waals surface area contributed by atoms with E-state index < -0.39 is 6.04 Å². The Morgan fingerprint density at radius 3 is 2.85 bits per heavy atom. The third-order valence-corrected chi connectivity index (χ3v) is 3.33. The van der Waals surface area contributed by atoms with E-state index in [1.165, 1.54) is 17.3 Å². The van der Waals surface area contributed by atoms with Crippen molar-refractivity contribution in [3.8, 4) is 0 Å². The standard InChI is InChI=1S/C13H13Cl2N3O2/c1-2-20-13(19)12(18-8-16-7-17-18)5-9-3-4-10(14)6-11(9)15/h3-4,6-8,12H,2,5H2,1H3. The SMILES string of the molecule is CCOC(=O)C(Cc1ccc(Cl)cc1Cl)n1cncn1. The van der Waals surface area contributed by atoms with Crippen LogP contribution in [-0.2, 0) is 16.0 Å². The van der Waals surface area contributed by atoms with Crippen LogP contribution in [0.2, 0.25) is 10.0 Å². The zero-order valence-electron chi connectivity index (χ0n) is 10.8. The summed E-state index contributed by atoms with van der Waals surface area (Å²) >= 11 is 12.0. The first-order valence-electron chi connectivity index (χ1n) is 6.06. The van der Waals surface area contributed by atoms with Crippen molar-refractivity contribution in [3.05, 3.63) is 46.5 Å². The summed E-state index contributed by atoms with van der Waals surface area (Å²) in [6.07, 6.45) is 3.21. The molecule has 0 radical (unpaired) electrons. The number of rotatable bonds is 5. The maximum atomic E-state index is 12.0. The Labute approximate surface area is 126 Å². The number of benzene rings is 1. The van der Waals surface area contributed by atoms with E-state index in [0.717, 1.165) is 5.56 Å². The largest absolute Gasteiger partial charge is 0.464 e. The minimum Gasteiger partial charge on any atom is -0.464 e. The number of carbonyl (C=O) groups excluding carboxylic acids is 1. The minimum atomic E-state index is -0.601. The Hall–Kier alpha value is -1.59. The number of ether oxygens (including phenoxy) is 1. The molecule has 0 aliphatic rings. The monoisotopic (exact) mass is 313 g/mol. The van der Waals surface area contributed by atoms with Crippen molar-refractivity contribution in [3.63, 3.8) is 0 Å². The molecular formula is C13H13Cl2N3O2. The van der Waals surface area contributed by atoms with Crippen LogP contribution in [0.3, 0.4) is 0 Å². The minimum absolute atomic E-state index is 0.304. The van der Waals surface area contributed by atoms with Gasteiger partial charge in [-0.2, -0.15) is 5.10 Å². The molecule has 106 valence electrons. The van der Waals surface area contributed by atoms with Gasteiger partial charge in [-0.05, 0) is 24.6 Å². The van der Waals surface area contributed by atoms with Gasteiger partial charge in [-0.1, -0.05) is 29.3 Å². The molecule has 0 aliphatic carbocycles. The number of carbonyl (C=O) groups is 1. The molecule has 0 saturated carbocycles. The molecule has 20 heavy (non-hydrogen) atoms. The van der Waals surface area contributed by atoms with E-state index in [0.29, 0.717) is 23.1 Å². The van der Waals surface area contributed by atoms with Gasteiger partial charge in [-0.25, -0.2) is 14.5 Å². The first-order valence-corrected chi connectivity index (χ1v) is 6.82. The molecule has 0 amide bonds.